The van der Waals surface area contributed by atoms with Gasteiger partial charge in [-0.25, -0.2) is 0 Å². The Kier molecular flexibility index (Phi) is 7.24. The Balaban J connectivity index is 1.88. The first-order valence-electron chi connectivity index (χ1n) is 9.27. The van der Waals surface area contributed by atoms with Crippen molar-refractivity contribution in [3.05, 3.63) is 52.5 Å². The summed E-state index contributed by atoms with van der Waals surface area (Å²) in [6, 6.07) is 6.92. The molecule has 3 rings (SSSR count). The van der Waals surface area contributed by atoms with Crippen LogP contribution in [0.25, 0.3) is 0 Å². The van der Waals surface area contributed by atoms with Gasteiger partial charge in [-0.15, -0.1) is 22.9 Å². The number of nitrogens with one attached hydrogen (secondary N) is 1. The number of rotatable bonds is 7. The molecule has 1 N–H and O–H groups in total. The summed E-state index contributed by atoms with van der Waals surface area (Å²) in [6.07, 6.45) is 8.74. The standard InChI is InChI=1S/C20H24ClN3O2S/c21-13-18(25)24(14-17-7-4-12-27-17)19(15-8-10-22-11-9-15)20(26)23-16-5-2-1-3-6-16/h4,7-12,16,19H,1-3,5-6,13-14H2,(H,23,26)/t19-/m1/s1. The molecular weight excluding hydrogens is 382 g/mol. The normalized spacial score (nSPS) is 15.9. The van der Waals surface area contributed by atoms with E-state index < -0.39 is 6.04 Å². The van der Waals surface area contributed by atoms with Crippen molar-refractivity contribution in [1.82, 2.24) is 15.2 Å². The van der Waals surface area contributed by atoms with E-state index in [1.54, 1.807) is 40.8 Å². The molecule has 1 saturated carbocycles. The first-order valence-corrected chi connectivity index (χ1v) is 10.7. The molecule has 0 aliphatic heterocycles. The number of nitrogens with zero attached hydrogens (tertiary/aromatic N) is 2. The monoisotopic (exact) mass is 405 g/mol. The van der Waals surface area contributed by atoms with E-state index in [4.69, 9.17) is 11.6 Å². The zero-order valence-corrected chi connectivity index (χ0v) is 16.7. The van der Waals surface area contributed by atoms with Gasteiger partial charge in [0.25, 0.3) is 0 Å². The molecule has 1 fully saturated rings. The van der Waals surface area contributed by atoms with Gasteiger partial charge in [-0.1, -0.05) is 25.3 Å². The van der Waals surface area contributed by atoms with Crippen LogP contribution in [0.5, 0.6) is 0 Å². The number of alkyl halides is 1. The van der Waals surface area contributed by atoms with E-state index in [1.165, 1.54) is 6.42 Å². The Labute approximate surface area is 168 Å². The van der Waals surface area contributed by atoms with Crippen LogP contribution < -0.4 is 5.32 Å². The van der Waals surface area contributed by atoms with Gasteiger partial charge in [0.05, 0.1) is 6.54 Å². The maximum Gasteiger partial charge on any atom is 0.247 e. The van der Waals surface area contributed by atoms with Crippen molar-refractivity contribution in [2.75, 3.05) is 5.88 Å². The van der Waals surface area contributed by atoms with E-state index in [0.717, 1.165) is 36.1 Å². The van der Waals surface area contributed by atoms with Crippen LogP contribution in [-0.4, -0.2) is 33.6 Å². The zero-order valence-electron chi connectivity index (χ0n) is 15.1. The second kappa shape index (κ2) is 9.85. The summed E-state index contributed by atoms with van der Waals surface area (Å²) in [5.41, 5.74) is 0.744. The largest absolute Gasteiger partial charge is 0.351 e. The van der Waals surface area contributed by atoms with Gasteiger partial charge >= 0.3 is 0 Å². The average molecular weight is 406 g/mol. The van der Waals surface area contributed by atoms with Gasteiger partial charge in [0.15, 0.2) is 0 Å². The Morgan fingerprint density at radius 1 is 1.22 bits per heavy atom. The van der Waals surface area contributed by atoms with Crippen LogP contribution in [0.1, 0.15) is 48.6 Å². The van der Waals surface area contributed by atoms with Crippen LogP contribution in [0.15, 0.2) is 42.0 Å². The minimum absolute atomic E-state index is 0.150. The molecule has 2 heterocycles. The number of carbonyl (C=O) groups is 2. The number of hydrogen-bond acceptors (Lipinski definition) is 4. The molecule has 2 amide bonds. The summed E-state index contributed by atoms with van der Waals surface area (Å²) in [7, 11) is 0. The number of halogens is 1. The van der Waals surface area contributed by atoms with Crippen molar-refractivity contribution in [3.63, 3.8) is 0 Å². The fraction of sp³-hybridized carbons (Fsp3) is 0.450. The quantitative estimate of drug-likeness (QED) is 0.710. The Bertz CT molecular complexity index is 733. The molecule has 5 nitrogen and oxygen atoms in total. The number of amides is 2. The SMILES string of the molecule is O=C(NC1CCCCC1)[C@@H](c1ccncc1)N(Cc1cccs1)C(=O)CCl. The van der Waals surface area contributed by atoms with Gasteiger partial charge < -0.3 is 10.2 Å². The van der Waals surface area contributed by atoms with E-state index in [-0.39, 0.29) is 23.7 Å². The molecule has 0 spiro atoms. The fourth-order valence-electron chi connectivity index (χ4n) is 3.52. The van der Waals surface area contributed by atoms with Gasteiger partial charge in [0.1, 0.15) is 11.9 Å². The number of aromatic nitrogens is 1. The third-order valence-electron chi connectivity index (χ3n) is 4.87. The van der Waals surface area contributed by atoms with Crippen LogP contribution in [-0.2, 0) is 16.1 Å². The van der Waals surface area contributed by atoms with E-state index in [0.29, 0.717) is 6.54 Å². The second-order valence-corrected chi connectivity index (χ2v) is 8.06. The topological polar surface area (TPSA) is 62.3 Å². The van der Waals surface area contributed by atoms with E-state index in [1.807, 2.05) is 17.5 Å². The molecule has 27 heavy (non-hydrogen) atoms. The summed E-state index contributed by atoms with van der Waals surface area (Å²) in [5, 5.41) is 5.12. The number of hydrogen-bond donors (Lipinski definition) is 1. The Morgan fingerprint density at radius 3 is 2.59 bits per heavy atom. The van der Waals surface area contributed by atoms with Crippen LogP contribution in [0, 0.1) is 0 Å². The van der Waals surface area contributed by atoms with Crippen molar-refractivity contribution in [1.29, 1.82) is 0 Å². The first-order chi connectivity index (χ1) is 13.2. The highest BCUT2D eigenvalue weighted by molar-refractivity contribution is 7.09. The van der Waals surface area contributed by atoms with Crippen LogP contribution in [0.3, 0.4) is 0 Å². The molecule has 0 aromatic carbocycles. The fourth-order valence-corrected chi connectivity index (χ4v) is 4.37. The highest BCUT2D eigenvalue weighted by Crippen LogP contribution is 2.26. The lowest BCUT2D eigenvalue weighted by Gasteiger charge is -2.32. The number of pyridine rings is 1. The Morgan fingerprint density at radius 2 is 1.96 bits per heavy atom. The molecular formula is C20H24ClN3O2S. The summed E-state index contributed by atoms with van der Waals surface area (Å²) in [6.45, 7) is 0.355. The third-order valence-corrected chi connectivity index (χ3v) is 5.96. The van der Waals surface area contributed by atoms with E-state index >= 15 is 0 Å². The summed E-state index contributed by atoms with van der Waals surface area (Å²) in [4.78, 5) is 32.5. The van der Waals surface area contributed by atoms with Crippen molar-refractivity contribution in [2.45, 2.75) is 50.7 Å². The predicted octanol–water partition coefficient (Wildman–Crippen LogP) is 3.90. The molecule has 1 atom stereocenters. The van der Waals surface area contributed by atoms with E-state index in [9.17, 15) is 9.59 Å². The molecule has 0 unspecified atom stereocenters. The van der Waals surface area contributed by atoms with Gasteiger partial charge in [-0.2, -0.15) is 0 Å². The van der Waals surface area contributed by atoms with Gasteiger partial charge in [0, 0.05) is 23.3 Å². The number of carbonyl (C=O) groups excluding carboxylic acids is 2. The number of thiophene rings is 1. The predicted molar refractivity (Wildman–Crippen MR) is 108 cm³/mol. The zero-order chi connectivity index (χ0) is 19.1. The van der Waals surface area contributed by atoms with Crippen LogP contribution in [0.2, 0.25) is 0 Å². The van der Waals surface area contributed by atoms with Gasteiger partial charge in [-0.05, 0) is 42.0 Å². The second-order valence-electron chi connectivity index (χ2n) is 6.76. The minimum atomic E-state index is -0.719. The third kappa shape index (κ3) is 5.30. The molecule has 7 heteroatoms. The minimum Gasteiger partial charge on any atom is -0.351 e. The molecule has 2 aromatic heterocycles. The highest BCUT2D eigenvalue weighted by Gasteiger charge is 2.32. The van der Waals surface area contributed by atoms with Crippen molar-refractivity contribution >= 4 is 34.8 Å². The lowest BCUT2D eigenvalue weighted by molar-refractivity contribution is -0.140. The molecule has 2 aromatic rings. The summed E-state index contributed by atoms with van der Waals surface area (Å²) in [5.74, 6) is -0.572. The first kappa shape index (κ1) is 19.8. The maximum atomic E-state index is 13.2. The molecule has 0 radical (unpaired) electrons. The van der Waals surface area contributed by atoms with E-state index in [2.05, 4.69) is 10.3 Å². The molecule has 0 bridgehead atoms. The summed E-state index contributed by atoms with van der Waals surface area (Å²) >= 11 is 7.44. The van der Waals surface area contributed by atoms with Crippen LogP contribution >= 0.6 is 22.9 Å². The molecule has 144 valence electrons. The van der Waals surface area contributed by atoms with Gasteiger partial charge in [0.2, 0.25) is 11.8 Å². The molecule has 1 aliphatic carbocycles. The van der Waals surface area contributed by atoms with Crippen molar-refractivity contribution in [3.8, 4) is 0 Å². The van der Waals surface area contributed by atoms with Crippen LogP contribution in [0.4, 0.5) is 0 Å². The lowest BCUT2D eigenvalue weighted by Crippen LogP contribution is -2.47. The lowest BCUT2D eigenvalue weighted by atomic mass is 9.94. The maximum absolute atomic E-state index is 13.2. The van der Waals surface area contributed by atoms with Crippen molar-refractivity contribution < 1.29 is 9.59 Å². The summed E-state index contributed by atoms with van der Waals surface area (Å²) < 4.78 is 0. The molecule has 0 saturated heterocycles. The highest BCUT2D eigenvalue weighted by atomic mass is 35.5. The smallest absolute Gasteiger partial charge is 0.247 e. The average Bonchev–Trinajstić information content (AvgIpc) is 3.22. The molecule has 1 aliphatic rings. The van der Waals surface area contributed by atoms with Gasteiger partial charge in [-0.3, -0.25) is 14.6 Å². The Hall–Kier alpha value is -1.92. The van der Waals surface area contributed by atoms with Crippen molar-refractivity contribution in [2.24, 2.45) is 0 Å².